The molecule has 1 amide bonds. The van der Waals surface area contributed by atoms with Gasteiger partial charge in [-0.25, -0.2) is 26.6 Å². The van der Waals surface area contributed by atoms with E-state index < -0.39 is 64.1 Å². The SMILES string of the molecule is CC1(F)CC(C(=O)NCc2cc(F)cc(-c3cnc(C(F)(F)F)cn3)c2)N(S(=O)(=O)c2ccc(F)cc2)C1. The molecular weight excluding hydrogens is 538 g/mol. The number of amides is 1. The summed E-state index contributed by atoms with van der Waals surface area (Å²) < 4.78 is 107. The van der Waals surface area contributed by atoms with Crippen LogP contribution >= 0.6 is 0 Å². The Morgan fingerprint density at radius 1 is 1.08 bits per heavy atom. The van der Waals surface area contributed by atoms with Crippen molar-refractivity contribution in [3.63, 3.8) is 0 Å². The summed E-state index contributed by atoms with van der Waals surface area (Å²) in [5.74, 6) is -2.30. The molecule has 0 spiro atoms. The number of aromatic nitrogens is 2. The van der Waals surface area contributed by atoms with E-state index in [0.717, 1.165) is 49.5 Å². The van der Waals surface area contributed by atoms with E-state index in [-0.39, 0.29) is 28.3 Å². The van der Waals surface area contributed by atoms with Gasteiger partial charge in [0.05, 0.1) is 23.0 Å². The van der Waals surface area contributed by atoms with E-state index in [4.69, 9.17) is 0 Å². The zero-order valence-corrected chi connectivity index (χ0v) is 20.5. The van der Waals surface area contributed by atoms with Crippen molar-refractivity contribution in [2.24, 2.45) is 0 Å². The lowest BCUT2D eigenvalue weighted by molar-refractivity contribution is -0.141. The number of hydrogen-bond donors (Lipinski definition) is 1. The van der Waals surface area contributed by atoms with Gasteiger partial charge in [-0.1, -0.05) is 0 Å². The largest absolute Gasteiger partial charge is 0.434 e. The molecule has 2 aromatic carbocycles. The third-order valence-electron chi connectivity index (χ3n) is 5.84. The summed E-state index contributed by atoms with van der Waals surface area (Å²) in [7, 11) is -4.36. The molecule has 0 bridgehead atoms. The van der Waals surface area contributed by atoms with Crippen LogP contribution < -0.4 is 5.32 Å². The molecule has 38 heavy (non-hydrogen) atoms. The lowest BCUT2D eigenvalue weighted by atomic mass is 10.0. The lowest BCUT2D eigenvalue weighted by Crippen LogP contribution is -2.45. The van der Waals surface area contributed by atoms with Crippen molar-refractivity contribution in [1.29, 1.82) is 0 Å². The first-order valence-corrected chi connectivity index (χ1v) is 12.5. The predicted molar refractivity (Wildman–Crippen MR) is 122 cm³/mol. The molecule has 7 nitrogen and oxygen atoms in total. The number of halogens is 6. The van der Waals surface area contributed by atoms with Gasteiger partial charge in [-0.2, -0.15) is 17.5 Å². The molecule has 2 heterocycles. The van der Waals surface area contributed by atoms with Gasteiger partial charge in [-0.3, -0.25) is 9.78 Å². The number of carbonyl (C=O) groups excluding carboxylic acids is 1. The number of hydrogen-bond acceptors (Lipinski definition) is 5. The molecule has 1 aromatic heterocycles. The Morgan fingerprint density at radius 3 is 2.37 bits per heavy atom. The van der Waals surface area contributed by atoms with Crippen LogP contribution in [0.25, 0.3) is 11.3 Å². The number of sulfonamides is 1. The Labute approximate surface area is 213 Å². The van der Waals surface area contributed by atoms with Crippen LogP contribution in [0.2, 0.25) is 0 Å². The number of carbonyl (C=O) groups is 1. The Hall–Kier alpha value is -3.52. The summed E-state index contributed by atoms with van der Waals surface area (Å²) in [4.78, 5) is 19.6. The van der Waals surface area contributed by atoms with Gasteiger partial charge in [0, 0.05) is 25.1 Å². The van der Waals surface area contributed by atoms with Gasteiger partial charge < -0.3 is 5.32 Å². The second-order valence-corrected chi connectivity index (χ2v) is 10.9. The maximum Gasteiger partial charge on any atom is 0.434 e. The van der Waals surface area contributed by atoms with Crippen LogP contribution in [-0.2, 0) is 27.5 Å². The standard InChI is InChI=1S/C24H20F6N4O3S/c1-23(27)9-20(34(13-23)38(36,37)18-4-2-16(25)3-5-18)22(35)33-10-14-6-15(8-17(26)7-14)19-11-32-21(12-31-19)24(28,29)30/h2-8,11-12,20H,9-10,13H2,1H3,(H,33,35). The highest BCUT2D eigenvalue weighted by molar-refractivity contribution is 7.89. The topological polar surface area (TPSA) is 92.3 Å². The van der Waals surface area contributed by atoms with Gasteiger partial charge >= 0.3 is 6.18 Å². The van der Waals surface area contributed by atoms with Crippen LogP contribution in [0.3, 0.4) is 0 Å². The molecular formula is C24H20F6N4O3S. The number of rotatable bonds is 6. The maximum absolute atomic E-state index is 14.9. The number of alkyl halides is 4. The van der Waals surface area contributed by atoms with Crippen LogP contribution in [-0.4, -0.2) is 46.9 Å². The zero-order chi connectivity index (χ0) is 27.9. The lowest BCUT2D eigenvalue weighted by Gasteiger charge is -2.23. The summed E-state index contributed by atoms with van der Waals surface area (Å²) >= 11 is 0. The molecule has 2 atom stereocenters. The second-order valence-electron chi connectivity index (χ2n) is 8.99. The van der Waals surface area contributed by atoms with Gasteiger partial charge in [-0.05, 0) is 55.0 Å². The van der Waals surface area contributed by atoms with Crippen molar-refractivity contribution in [3.8, 4) is 11.3 Å². The molecule has 1 fully saturated rings. The van der Waals surface area contributed by atoms with Crippen molar-refractivity contribution < 1.29 is 39.6 Å². The molecule has 0 saturated carbocycles. The molecule has 3 aromatic rings. The minimum atomic E-state index is -4.70. The van der Waals surface area contributed by atoms with Gasteiger partial charge in [-0.15, -0.1) is 0 Å². The van der Waals surface area contributed by atoms with Crippen molar-refractivity contribution in [2.45, 2.75) is 42.7 Å². The maximum atomic E-state index is 14.9. The molecule has 4 rings (SSSR count). The van der Waals surface area contributed by atoms with E-state index in [1.165, 1.54) is 6.07 Å². The summed E-state index contributed by atoms with van der Waals surface area (Å²) in [5.41, 5.74) is -3.02. The van der Waals surface area contributed by atoms with E-state index in [1.807, 2.05) is 0 Å². The smallest absolute Gasteiger partial charge is 0.351 e. The first kappa shape index (κ1) is 27.5. The van der Waals surface area contributed by atoms with E-state index in [1.54, 1.807) is 0 Å². The van der Waals surface area contributed by atoms with Crippen LogP contribution in [0.1, 0.15) is 24.6 Å². The van der Waals surface area contributed by atoms with Gasteiger partial charge in [0.2, 0.25) is 15.9 Å². The third-order valence-corrected chi connectivity index (χ3v) is 7.71. The Bertz CT molecular complexity index is 1450. The minimum Gasteiger partial charge on any atom is -0.351 e. The van der Waals surface area contributed by atoms with E-state index in [2.05, 4.69) is 15.3 Å². The predicted octanol–water partition coefficient (Wildman–Crippen LogP) is 4.25. The highest BCUT2D eigenvalue weighted by Gasteiger charge is 2.49. The molecule has 202 valence electrons. The van der Waals surface area contributed by atoms with Gasteiger partial charge in [0.1, 0.15) is 23.3 Å². The number of nitrogens with zero attached hydrogens (tertiary/aromatic N) is 3. The fourth-order valence-electron chi connectivity index (χ4n) is 4.05. The number of nitrogens with one attached hydrogen (secondary N) is 1. The highest BCUT2D eigenvalue weighted by atomic mass is 32.2. The molecule has 1 saturated heterocycles. The van der Waals surface area contributed by atoms with E-state index >= 15 is 0 Å². The molecule has 1 N–H and O–H groups in total. The fraction of sp³-hybridized carbons (Fsp3) is 0.292. The van der Waals surface area contributed by atoms with Crippen molar-refractivity contribution in [1.82, 2.24) is 19.6 Å². The summed E-state index contributed by atoms with van der Waals surface area (Å²) in [5, 5.41) is 2.45. The van der Waals surface area contributed by atoms with E-state index in [0.29, 0.717) is 10.5 Å². The van der Waals surface area contributed by atoms with Crippen LogP contribution in [0.4, 0.5) is 26.3 Å². The average molecular weight is 559 g/mol. The summed E-state index contributed by atoms with van der Waals surface area (Å²) in [6.45, 7) is 0.237. The highest BCUT2D eigenvalue weighted by Crippen LogP contribution is 2.35. The van der Waals surface area contributed by atoms with Crippen LogP contribution in [0, 0.1) is 11.6 Å². The molecule has 14 heteroatoms. The minimum absolute atomic E-state index is 0.0503. The van der Waals surface area contributed by atoms with Crippen molar-refractivity contribution >= 4 is 15.9 Å². The summed E-state index contributed by atoms with van der Waals surface area (Å²) in [6.07, 6.45) is -3.81. The van der Waals surface area contributed by atoms with Crippen molar-refractivity contribution in [3.05, 3.63) is 77.8 Å². The van der Waals surface area contributed by atoms with Gasteiger partial charge in [0.25, 0.3) is 0 Å². The fourth-order valence-corrected chi connectivity index (χ4v) is 5.75. The van der Waals surface area contributed by atoms with Crippen LogP contribution in [0.15, 0.2) is 59.8 Å². The van der Waals surface area contributed by atoms with Crippen LogP contribution in [0.5, 0.6) is 0 Å². The third kappa shape index (κ3) is 5.96. The quantitative estimate of drug-likeness (QED) is 0.457. The van der Waals surface area contributed by atoms with E-state index in [9.17, 15) is 39.6 Å². The zero-order valence-electron chi connectivity index (χ0n) is 19.6. The molecule has 0 radical (unpaired) electrons. The Balaban J connectivity index is 1.52. The first-order chi connectivity index (χ1) is 17.7. The Morgan fingerprint density at radius 2 is 1.76 bits per heavy atom. The number of benzene rings is 2. The average Bonchev–Trinajstić information content (AvgIpc) is 3.18. The van der Waals surface area contributed by atoms with Gasteiger partial charge in [0.15, 0.2) is 5.69 Å². The molecule has 1 aliphatic heterocycles. The summed E-state index contributed by atoms with van der Waals surface area (Å²) in [6, 6.07) is 5.87. The normalized spacial score (nSPS) is 20.4. The molecule has 1 aliphatic rings. The molecule has 0 aliphatic carbocycles. The Kier molecular flexibility index (Phi) is 7.23. The molecule has 2 unspecified atom stereocenters. The second kappa shape index (κ2) is 9.98. The monoisotopic (exact) mass is 558 g/mol. The first-order valence-electron chi connectivity index (χ1n) is 11.1. The van der Waals surface area contributed by atoms with Crippen molar-refractivity contribution in [2.75, 3.05) is 6.54 Å².